The first-order valence-electron chi connectivity index (χ1n) is 15.8. The van der Waals surface area contributed by atoms with Crippen molar-refractivity contribution in [2.75, 3.05) is 20.1 Å². The molecule has 9 heteroatoms. The van der Waals surface area contributed by atoms with Crippen LogP contribution < -0.4 is 5.32 Å². The maximum atomic E-state index is 14.2. The average molecular weight is 580 g/mol. The normalized spacial score (nSPS) is 37.6. The number of carbonyl (C=O) groups is 3. The van der Waals surface area contributed by atoms with Gasteiger partial charge in [-0.1, -0.05) is 42.5 Å². The summed E-state index contributed by atoms with van der Waals surface area (Å²) in [6.45, 7) is 3.00. The summed E-state index contributed by atoms with van der Waals surface area (Å²) in [6, 6.07) is 15.8. The molecule has 4 saturated heterocycles. The Hall–Kier alpha value is -3.69. The minimum atomic E-state index is -1.52. The second-order valence-corrected chi connectivity index (χ2v) is 13.8. The number of piperidine rings is 1. The fourth-order valence-electron chi connectivity index (χ4n) is 9.65. The predicted octanol–water partition coefficient (Wildman–Crippen LogP) is 2.55. The number of aromatic nitrogens is 1. The molecule has 222 valence electrons. The van der Waals surface area contributed by atoms with Gasteiger partial charge in [0.15, 0.2) is 6.23 Å². The predicted molar refractivity (Wildman–Crippen MR) is 159 cm³/mol. The number of benzene rings is 2. The van der Waals surface area contributed by atoms with Gasteiger partial charge in [0.1, 0.15) is 6.04 Å². The van der Waals surface area contributed by atoms with E-state index in [0.29, 0.717) is 25.6 Å². The maximum absolute atomic E-state index is 14.2. The molecule has 1 saturated carbocycles. The second kappa shape index (κ2) is 8.70. The van der Waals surface area contributed by atoms with Crippen LogP contribution in [0.15, 0.2) is 54.7 Å². The molecule has 8 unspecified atom stereocenters. The number of likely N-dealkylation sites (tertiary alicyclic amines) is 1. The van der Waals surface area contributed by atoms with E-state index >= 15 is 0 Å². The summed E-state index contributed by atoms with van der Waals surface area (Å²) in [4.78, 5) is 51.5. The van der Waals surface area contributed by atoms with Crippen molar-refractivity contribution in [3.05, 3.63) is 71.4 Å². The molecule has 9 rings (SSSR count). The Bertz CT molecular complexity index is 1690. The maximum Gasteiger partial charge on any atom is 0.278 e. The Morgan fingerprint density at radius 1 is 1.14 bits per heavy atom. The number of ether oxygens (including phenoxy) is 1. The number of rotatable bonds is 4. The summed E-state index contributed by atoms with van der Waals surface area (Å²) in [5, 5.41) is 4.43. The van der Waals surface area contributed by atoms with Crippen LogP contribution in [-0.2, 0) is 37.4 Å². The SMILES string of the molecule is CN1CC(C(=O)NC2(C)OC3C4CCCN4C(=O)C(Cc4ccccc4)N3C2=O)C2CC23c2cccc4[nH]cc(c24)CC13. The molecule has 4 aliphatic heterocycles. The molecule has 5 heterocycles. The van der Waals surface area contributed by atoms with Crippen LogP contribution in [0.3, 0.4) is 0 Å². The fraction of sp³-hybridized carbons (Fsp3) is 0.500. The summed E-state index contributed by atoms with van der Waals surface area (Å²) in [6.07, 6.45) is 5.61. The molecule has 43 heavy (non-hydrogen) atoms. The summed E-state index contributed by atoms with van der Waals surface area (Å²) in [7, 11) is 2.13. The monoisotopic (exact) mass is 579 g/mol. The number of piperazine rings is 1. The minimum Gasteiger partial charge on any atom is -0.361 e. The van der Waals surface area contributed by atoms with Crippen LogP contribution in [0.5, 0.6) is 0 Å². The van der Waals surface area contributed by atoms with Crippen LogP contribution in [-0.4, -0.2) is 87.6 Å². The molecular weight excluding hydrogens is 542 g/mol. The zero-order valence-corrected chi connectivity index (χ0v) is 24.6. The van der Waals surface area contributed by atoms with Crippen LogP contribution in [0.2, 0.25) is 0 Å². The van der Waals surface area contributed by atoms with Gasteiger partial charge in [-0.2, -0.15) is 0 Å². The van der Waals surface area contributed by atoms with E-state index in [1.807, 2.05) is 35.2 Å². The van der Waals surface area contributed by atoms with Gasteiger partial charge in [0.25, 0.3) is 5.91 Å². The van der Waals surface area contributed by atoms with Crippen LogP contribution in [0, 0.1) is 11.8 Å². The van der Waals surface area contributed by atoms with Crippen molar-refractivity contribution in [3.8, 4) is 0 Å². The Morgan fingerprint density at radius 3 is 2.81 bits per heavy atom. The molecule has 8 atom stereocenters. The first-order chi connectivity index (χ1) is 20.8. The number of H-pyrrole nitrogens is 1. The van der Waals surface area contributed by atoms with Crippen molar-refractivity contribution in [2.24, 2.45) is 11.8 Å². The quantitative estimate of drug-likeness (QED) is 0.495. The van der Waals surface area contributed by atoms with Crippen LogP contribution >= 0.6 is 0 Å². The van der Waals surface area contributed by atoms with E-state index in [2.05, 4.69) is 46.6 Å². The zero-order chi connectivity index (χ0) is 29.2. The lowest BCUT2D eigenvalue weighted by molar-refractivity contribution is -0.166. The molecule has 2 N–H and O–H groups in total. The lowest BCUT2D eigenvalue weighted by Crippen LogP contribution is -2.65. The number of hydrogen-bond donors (Lipinski definition) is 2. The number of amides is 3. The Labute approximate surface area is 250 Å². The molecule has 9 nitrogen and oxygen atoms in total. The van der Waals surface area contributed by atoms with Crippen molar-refractivity contribution in [1.82, 2.24) is 25.0 Å². The lowest BCUT2D eigenvalue weighted by atomic mass is 9.71. The van der Waals surface area contributed by atoms with E-state index in [0.717, 1.165) is 36.8 Å². The van der Waals surface area contributed by atoms with Crippen LogP contribution in [0.4, 0.5) is 0 Å². The van der Waals surface area contributed by atoms with Gasteiger partial charge in [0.05, 0.1) is 12.0 Å². The van der Waals surface area contributed by atoms with Crippen molar-refractivity contribution in [2.45, 2.75) is 74.5 Å². The Morgan fingerprint density at radius 2 is 1.98 bits per heavy atom. The van der Waals surface area contributed by atoms with Gasteiger partial charge in [-0.3, -0.25) is 19.3 Å². The van der Waals surface area contributed by atoms with Gasteiger partial charge in [0.2, 0.25) is 17.5 Å². The number of nitrogens with one attached hydrogen (secondary N) is 2. The van der Waals surface area contributed by atoms with Gasteiger partial charge < -0.3 is 24.8 Å². The number of nitrogens with zero attached hydrogens (tertiary/aromatic N) is 3. The molecule has 0 radical (unpaired) electrons. The largest absolute Gasteiger partial charge is 0.361 e. The van der Waals surface area contributed by atoms with Gasteiger partial charge in [-0.15, -0.1) is 0 Å². The van der Waals surface area contributed by atoms with Crippen LogP contribution in [0.1, 0.15) is 42.9 Å². The molecule has 5 fully saturated rings. The third kappa shape index (κ3) is 3.38. The second-order valence-electron chi connectivity index (χ2n) is 13.8. The highest BCUT2D eigenvalue weighted by atomic mass is 16.6. The summed E-state index contributed by atoms with van der Waals surface area (Å²) in [5.41, 5.74) is 3.29. The molecule has 6 aliphatic rings. The molecule has 1 aromatic heterocycles. The molecule has 3 amide bonds. The van der Waals surface area contributed by atoms with Crippen LogP contribution in [0.25, 0.3) is 10.9 Å². The molecule has 3 aromatic rings. The first kappa shape index (κ1) is 25.8. The van der Waals surface area contributed by atoms with Gasteiger partial charge >= 0.3 is 0 Å². The molecular formula is C34H37N5O4. The Kier molecular flexibility index (Phi) is 5.21. The van der Waals surface area contributed by atoms with E-state index in [4.69, 9.17) is 4.74 Å². The highest BCUT2D eigenvalue weighted by Crippen LogP contribution is 2.67. The third-order valence-electron chi connectivity index (χ3n) is 11.6. The number of hydrogen-bond acceptors (Lipinski definition) is 5. The summed E-state index contributed by atoms with van der Waals surface area (Å²) in [5.74, 6) is -0.524. The Balaban J connectivity index is 1.01. The third-order valence-corrected chi connectivity index (χ3v) is 11.6. The lowest BCUT2D eigenvalue weighted by Gasteiger charge is -2.45. The molecule has 2 aliphatic carbocycles. The van der Waals surface area contributed by atoms with Crippen molar-refractivity contribution in [1.29, 1.82) is 0 Å². The molecule has 0 bridgehead atoms. The number of likely N-dealkylation sites (N-methyl/N-ethyl adjacent to an activating group) is 1. The molecule has 2 aromatic carbocycles. The topological polar surface area (TPSA) is 98.0 Å². The standard InChI is InChI=1S/C34H37N5O4/c1-33(32(42)39-26(14-19-8-4-3-5-9-19)30(41)38-13-7-12-25(38)31(39)43-33)36-29(40)21-18-37(2)27-15-20-17-35-24-11-6-10-22(28(20)24)34(27)16-23(21)34/h3-6,8-11,17,21,23,25-27,31,35H,7,12-16,18H2,1-2H3,(H,36,40). The van der Waals surface area contributed by atoms with Gasteiger partial charge in [-0.25, -0.2) is 0 Å². The smallest absolute Gasteiger partial charge is 0.278 e. The highest BCUT2D eigenvalue weighted by Gasteiger charge is 2.69. The van der Waals surface area contributed by atoms with Crippen molar-refractivity contribution >= 4 is 28.6 Å². The van der Waals surface area contributed by atoms with E-state index in [-0.39, 0.29) is 41.0 Å². The first-order valence-corrected chi connectivity index (χ1v) is 15.8. The summed E-state index contributed by atoms with van der Waals surface area (Å²) >= 11 is 0. The van der Waals surface area contributed by atoms with E-state index in [1.54, 1.807) is 11.8 Å². The van der Waals surface area contributed by atoms with E-state index in [9.17, 15) is 14.4 Å². The zero-order valence-electron chi connectivity index (χ0n) is 24.6. The minimum absolute atomic E-state index is 0.0226. The van der Waals surface area contributed by atoms with Gasteiger partial charge in [0, 0.05) is 48.1 Å². The van der Waals surface area contributed by atoms with E-state index in [1.165, 1.54) is 16.5 Å². The summed E-state index contributed by atoms with van der Waals surface area (Å²) < 4.78 is 6.55. The van der Waals surface area contributed by atoms with E-state index < -0.39 is 18.0 Å². The highest BCUT2D eigenvalue weighted by molar-refractivity contribution is 5.97. The number of fused-ring (bicyclic) bond motifs is 3. The fourth-order valence-corrected chi connectivity index (χ4v) is 9.65. The van der Waals surface area contributed by atoms with Gasteiger partial charge in [-0.05, 0) is 68.3 Å². The number of aromatic amines is 1. The number of carbonyl (C=O) groups excluding carboxylic acids is 3. The van der Waals surface area contributed by atoms with Crippen molar-refractivity contribution < 1.29 is 19.1 Å². The molecule has 1 spiro atoms. The van der Waals surface area contributed by atoms with Crippen molar-refractivity contribution in [3.63, 3.8) is 0 Å². The average Bonchev–Trinajstić information content (AvgIpc) is 3.27.